The van der Waals surface area contributed by atoms with Crippen LogP contribution in [0.4, 0.5) is 4.39 Å². The molecule has 2 heterocycles. The molecule has 9 heteroatoms. The second-order valence-corrected chi connectivity index (χ2v) is 8.52. The largest absolute Gasteiger partial charge is 0.507 e. The minimum atomic E-state index is -1.09. The molecule has 1 aromatic heterocycles. The van der Waals surface area contributed by atoms with Gasteiger partial charge in [0.25, 0.3) is 11.7 Å². The standard InChI is InChI=1S/C25H30FN3O5/c1-6-34-25(33)20-14(2)18(15(3)27-20)22(30)19-21(16-10-7-8-11-17(16)26)29(24(32)23(19)31)13-9-12-28(4)5/h7-8,10-11,21,27,30H,6,9,12-13H2,1-5H3/b22-19+. The van der Waals surface area contributed by atoms with Gasteiger partial charge >= 0.3 is 5.97 Å². The fraction of sp³-hybridized carbons (Fsp3) is 0.400. The molecule has 8 nitrogen and oxygen atoms in total. The van der Waals surface area contributed by atoms with E-state index < -0.39 is 35.3 Å². The van der Waals surface area contributed by atoms with Gasteiger partial charge in [-0.25, -0.2) is 9.18 Å². The zero-order chi connectivity index (χ0) is 25.2. The van der Waals surface area contributed by atoms with E-state index in [2.05, 4.69) is 4.98 Å². The second-order valence-electron chi connectivity index (χ2n) is 8.52. The number of ether oxygens (including phenoxy) is 1. The number of esters is 1. The molecule has 0 aliphatic carbocycles. The molecule has 1 atom stereocenters. The summed E-state index contributed by atoms with van der Waals surface area (Å²) in [5, 5.41) is 11.3. The van der Waals surface area contributed by atoms with Crippen molar-refractivity contribution in [3.05, 3.63) is 63.7 Å². The Morgan fingerprint density at radius 3 is 2.53 bits per heavy atom. The Labute approximate surface area is 198 Å². The summed E-state index contributed by atoms with van der Waals surface area (Å²) in [4.78, 5) is 44.6. The Morgan fingerprint density at radius 1 is 1.24 bits per heavy atom. The van der Waals surface area contributed by atoms with Crippen LogP contribution < -0.4 is 0 Å². The van der Waals surface area contributed by atoms with Crippen molar-refractivity contribution in [2.24, 2.45) is 0 Å². The van der Waals surface area contributed by atoms with Gasteiger partial charge in [0.2, 0.25) is 0 Å². The number of carbonyl (C=O) groups is 3. The van der Waals surface area contributed by atoms with Crippen LogP contribution in [0.5, 0.6) is 0 Å². The molecule has 2 N–H and O–H groups in total. The van der Waals surface area contributed by atoms with Gasteiger partial charge in [0.15, 0.2) is 0 Å². The first kappa shape index (κ1) is 25.2. The summed E-state index contributed by atoms with van der Waals surface area (Å²) in [5.74, 6) is -3.34. The predicted octanol–water partition coefficient (Wildman–Crippen LogP) is 3.32. The quantitative estimate of drug-likeness (QED) is 0.265. The second kappa shape index (κ2) is 10.2. The van der Waals surface area contributed by atoms with Crippen molar-refractivity contribution in [1.29, 1.82) is 0 Å². The van der Waals surface area contributed by atoms with E-state index in [0.717, 1.165) is 0 Å². The van der Waals surface area contributed by atoms with Gasteiger partial charge in [0, 0.05) is 23.4 Å². The lowest BCUT2D eigenvalue weighted by atomic mass is 9.93. The van der Waals surface area contributed by atoms with Crippen LogP contribution >= 0.6 is 0 Å². The minimum absolute atomic E-state index is 0.115. The summed E-state index contributed by atoms with van der Waals surface area (Å²) in [7, 11) is 3.78. The number of benzene rings is 1. The first-order chi connectivity index (χ1) is 16.1. The molecule has 1 fully saturated rings. The SMILES string of the molecule is CCOC(=O)c1[nH]c(C)c(/C(O)=C2\C(=O)C(=O)N(CCCN(C)C)C2c2ccccc2F)c1C. The third-order valence-corrected chi connectivity index (χ3v) is 5.90. The molecule has 1 aliphatic rings. The summed E-state index contributed by atoms with van der Waals surface area (Å²) in [6, 6.07) is 4.79. The van der Waals surface area contributed by atoms with E-state index in [1.807, 2.05) is 19.0 Å². The number of aromatic nitrogens is 1. The van der Waals surface area contributed by atoms with Crippen molar-refractivity contribution in [3.8, 4) is 0 Å². The number of nitrogens with zero attached hydrogens (tertiary/aromatic N) is 2. The molecule has 0 bridgehead atoms. The molecule has 0 saturated carbocycles. The number of H-pyrrole nitrogens is 1. The number of Topliss-reactive ketones (excluding diaryl/α,β-unsaturated/α-hetero) is 1. The van der Waals surface area contributed by atoms with E-state index in [9.17, 15) is 23.9 Å². The molecule has 2 aromatic rings. The van der Waals surface area contributed by atoms with Crippen molar-refractivity contribution >= 4 is 23.4 Å². The van der Waals surface area contributed by atoms with Crippen LogP contribution in [-0.4, -0.2) is 71.3 Å². The fourth-order valence-electron chi connectivity index (χ4n) is 4.34. The maximum atomic E-state index is 14.9. The zero-order valence-corrected chi connectivity index (χ0v) is 20.1. The van der Waals surface area contributed by atoms with E-state index in [0.29, 0.717) is 24.2 Å². The molecule has 182 valence electrons. The highest BCUT2D eigenvalue weighted by Crippen LogP contribution is 2.41. The Bertz CT molecular complexity index is 1150. The lowest BCUT2D eigenvalue weighted by molar-refractivity contribution is -0.140. The summed E-state index contributed by atoms with van der Waals surface area (Å²) in [6.07, 6.45) is 0.556. The number of aliphatic hydroxyl groups is 1. The van der Waals surface area contributed by atoms with Gasteiger partial charge in [0.05, 0.1) is 18.2 Å². The van der Waals surface area contributed by atoms with E-state index in [4.69, 9.17) is 4.74 Å². The average Bonchev–Trinajstić information content (AvgIpc) is 3.21. The van der Waals surface area contributed by atoms with E-state index in [-0.39, 0.29) is 35.5 Å². The molecular formula is C25H30FN3O5. The lowest BCUT2D eigenvalue weighted by Gasteiger charge is -2.26. The van der Waals surface area contributed by atoms with Crippen LogP contribution in [0.25, 0.3) is 5.76 Å². The highest BCUT2D eigenvalue weighted by Gasteiger charge is 2.47. The third kappa shape index (κ3) is 4.61. The molecule has 1 aliphatic heterocycles. The van der Waals surface area contributed by atoms with Gasteiger partial charge < -0.3 is 24.6 Å². The number of aryl methyl sites for hydroxylation is 1. The number of rotatable bonds is 8. The molecule has 3 rings (SSSR count). The first-order valence-corrected chi connectivity index (χ1v) is 11.1. The fourth-order valence-corrected chi connectivity index (χ4v) is 4.34. The van der Waals surface area contributed by atoms with Crippen LogP contribution in [0.2, 0.25) is 0 Å². The highest BCUT2D eigenvalue weighted by molar-refractivity contribution is 6.46. The minimum Gasteiger partial charge on any atom is -0.507 e. The monoisotopic (exact) mass is 471 g/mol. The van der Waals surface area contributed by atoms with Crippen molar-refractivity contribution in [3.63, 3.8) is 0 Å². The van der Waals surface area contributed by atoms with Crippen LogP contribution in [-0.2, 0) is 14.3 Å². The van der Waals surface area contributed by atoms with Gasteiger partial charge in [-0.2, -0.15) is 0 Å². The number of hydrogen-bond acceptors (Lipinski definition) is 6. The van der Waals surface area contributed by atoms with Crippen LogP contribution in [0, 0.1) is 19.7 Å². The Morgan fingerprint density at radius 2 is 1.91 bits per heavy atom. The first-order valence-electron chi connectivity index (χ1n) is 11.1. The summed E-state index contributed by atoms with van der Waals surface area (Å²) in [5.41, 5.74) is 1.06. The van der Waals surface area contributed by atoms with Crippen LogP contribution in [0.3, 0.4) is 0 Å². The molecule has 1 saturated heterocycles. The number of hydrogen-bond donors (Lipinski definition) is 2. The van der Waals surface area contributed by atoms with Gasteiger partial charge in [-0.1, -0.05) is 18.2 Å². The number of carbonyl (C=O) groups excluding carboxylic acids is 3. The lowest BCUT2D eigenvalue weighted by Crippen LogP contribution is -2.32. The van der Waals surface area contributed by atoms with E-state index >= 15 is 0 Å². The van der Waals surface area contributed by atoms with Gasteiger partial charge in [-0.3, -0.25) is 9.59 Å². The summed E-state index contributed by atoms with van der Waals surface area (Å²) >= 11 is 0. The zero-order valence-electron chi connectivity index (χ0n) is 20.1. The molecule has 1 unspecified atom stereocenters. The van der Waals surface area contributed by atoms with Crippen LogP contribution in [0.1, 0.15) is 52.3 Å². The molecule has 0 spiro atoms. The Kier molecular flexibility index (Phi) is 7.56. The molecule has 34 heavy (non-hydrogen) atoms. The number of likely N-dealkylation sites (tertiary alicyclic amines) is 1. The van der Waals surface area contributed by atoms with E-state index in [1.165, 1.54) is 23.1 Å². The Balaban J connectivity index is 2.18. The maximum Gasteiger partial charge on any atom is 0.355 e. The number of aliphatic hydroxyl groups excluding tert-OH is 1. The Hall–Kier alpha value is -3.46. The van der Waals surface area contributed by atoms with Gasteiger partial charge in [-0.05, 0) is 59.5 Å². The smallest absolute Gasteiger partial charge is 0.355 e. The van der Waals surface area contributed by atoms with E-state index in [1.54, 1.807) is 26.8 Å². The normalized spacial score (nSPS) is 17.6. The summed E-state index contributed by atoms with van der Waals surface area (Å²) < 4.78 is 19.9. The average molecular weight is 472 g/mol. The number of aromatic amines is 1. The molecule has 1 aromatic carbocycles. The number of halogens is 1. The molecule has 1 amide bonds. The predicted molar refractivity (Wildman–Crippen MR) is 125 cm³/mol. The number of amides is 1. The van der Waals surface area contributed by atoms with Crippen molar-refractivity contribution in [2.75, 3.05) is 33.8 Å². The number of ketones is 1. The van der Waals surface area contributed by atoms with Crippen molar-refractivity contribution < 1.29 is 28.6 Å². The van der Waals surface area contributed by atoms with Crippen LogP contribution in [0.15, 0.2) is 29.8 Å². The summed E-state index contributed by atoms with van der Waals surface area (Å²) in [6.45, 7) is 5.95. The highest BCUT2D eigenvalue weighted by atomic mass is 19.1. The van der Waals surface area contributed by atoms with Gasteiger partial charge in [0.1, 0.15) is 17.3 Å². The third-order valence-electron chi connectivity index (χ3n) is 5.90. The maximum absolute atomic E-state index is 14.9. The topological polar surface area (TPSA) is 103 Å². The van der Waals surface area contributed by atoms with Crippen molar-refractivity contribution in [2.45, 2.75) is 33.2 Å². The number of nitrogens with one attached hydrogen (secondary N) is 1. The molecule has 0 radical (unpaired) electrons. The van der Waals surface area contributed by atoms with Crippen molar-refractivity contribution in [1.82, 2.24) is 14.8 Å². The van der Waals surface area contributed by atoms with Gasteiger partial charge in [-0.15, -0.1) is 0 Å². The molecular weight excluding hydrogens is 441 g/mol.